The highest BCUT2D eigenvalue weighted by molar-refractivity contribution is 7.45. The lowest BCUT2D eigenvalue weighted by atomic mass is 10.1. The summed E-state index contributed by atoms with van der Waals surface area (Å²) in [5.74, 6) is 0. The Morgan fingerprint density at radius 1 is 0.380 bits per heavy atom. The second-order valence-electron chi connectivity index (χ2n) is 14.7. The third-order valence-electron chi connectivity index (χ3n) is 8.70. The molecule has 6 aromatic rings. The molecule has 0 spiro atoms. The molecule has 0 saturated heterocycles. The van der Waals surface area contributed by atoms with E-state index in [-0.39, 0.29) is 5.03 Å². The Bertz CT molecular complexity index is 1900. The van der Waals surface area contributed by atoms with E-state index >= 15 is 4.79 Å². The van der Waals surface area contributed by atoms with E-state index in [1.807, 2.05) is 48.5 Å². The summed E-state index contributed by atoms with van der Waals surface area (Å²) >= 11 is 0. The van der Waals surface area contributed by atoms with Gasteiger partial charge in [-0.2, -0.15) is 0 Å². The first kappa shape index (κ1) is 35.6. The molecule has 6 aromatic carbocycles. The lowest BCUT2D eigenvalue weighted by Crippen LogP contribution is -2.82. The molecule has 2 atom stereocenters. The minimum Gasteiger partial charge on any atom is -0.445 e. The van der Waals surface area contributed by atoms with Crippen molar-refractivity contribution in [1.82, 2.24) is 0 Å². The third-order valence-corrected chi connectivity index (χ3v) is 24.1. The van der Waals surface area contributed by atoms with Gasteiger partial charge in [0, 0.05) is 0 Å². The van der Waals surface area contributed by atoms with E-state index in [2.05, 4.69) is 161 Å². The van der Waals surface area contributed by atoms with Gasteiger partial charge in [0.1, 0.15) is 0 Å². The molecule has 252 valence electrons. The monoisotopic (exact) mass is 722 g/mol. The summed E-state index contributed by atoms with van der Waals surface area (Å²) < 4.78 is 15.5. The lowest BCUT2D eigenvalue weighted by molar-refractivity contribution is 0.267. The number of carbonyl (C=O) groups is 1. The van der Waals surface area contributed by atoms with Crippen molar-refractivity contribution in [3.05, 3.63) is 170 Å². The average molecular weight is 723 g/mol. The predicted octanol–water partition coefficient (Wildman–Crippen LogP) is 8.83. The largest absolute Gasteiger partial charge is 0.445 e. The molecule has 6 rings (SSSR count). The van der Waals surface area contributed by atoms with Crippen LogP contribution in [0, 0.1) is 0 Å². The van der Waals surface area contributed by atoms with E-state index in [0.29, 0.717) is 0 Å². The van der Waals surface area contributed by atoms with E-state index in [4.69, 9.17) is 8.23 Å². The van der Waals surface area contributed by atoms with E-state index in [1.54, 1.807) is 0 Å². The van der Waals surface area contributed by atoms with Crippen LogP contribution >= 0.6 is 0 Å². The Balaban J connectivity index is 1.82. The summed E-state index contributed by atoms with van der Waals surface area (Å²) in [6.45, 7) is 13.2. The van der Waals surface area contributed by atoms with Gasteiger partial charge in [0.05, 0.1) is 0 Å². The second-order valence-corrected chi connectivity index (χ2v) is 31.1. The Morgan fingerprint density at radius 2 is 0.660 bits per heavy atom. The topological polar surface area (TPSA) is 35.5 Å². The summed E-state index contributed by atoms with van der Waals surface area (Å²) in [5.41, 5.74) is 4.17. The van der Waals surface area contributed by atoms with Crippen LogP contribution in [0.15, 0.2) is 170 Å². The highest BCUT2D eigenvalue weighted by atomic mass is 28.5. The van der Waals surface area contributed by atoms with Gasteiger partial charge in [0.15, 0.2) is 21.7 Å². The zero-order valence-electron chi connectivity index (χ0n) is 29.9. The van der Waals surface area contributed by atoms with Crippen LogP contribution < -0.4 is 20.7 Å². The van der Waals surface area contributed by atoms with Crippen molar-refractivity contribution in [2.75, 3.05) is 0 Å². The molecule has 3 nitrogen and oxygen atoms in total. The Morgan fingerprint density at radius 3 is 0.980 bits per heavy atom. The van der Waals surface area contributed by atoms with Crippen molar-refractivity contribution in [2.24, 2.45) is 0 Å². The van der Waals surface area contributed by atoms with E-state index in [9.17, 15) is 0 Å². The molecule has 0 fully saturated rings. The first-order valence-corrected chi connectivity index (χ1v) is 28.0. The van der Waals surface area contributed by atoms with Gasteiger partial charge in [0.2, 0.25) is 0 Å². The van der Waals surface area contributed by atoms with E-state index in [1.165, 1.54) is 0 Å². The number of rotatable bonds is 12. The molecule has 0 saturated carbocycles. The van der Waals surface area contributed by atoms with Crippen LogP contribution in [-0.4, -0.2) is 38.3 Å². The van der Waals surface area contributed by atoms with Gasteiger partial charge >= 0.3 is 16.6 Å². The zero-order valence-corrected chi connectivity index (χ0v) is 33.9. The molecule has 0 amide bonds. The maximum atomic E-state index is 17.1. The quantitative estimate of drug-likeness (QED) is 0.119. The van der Waals surface area contributed by atoms with Crippen molar-refractivity contribution in [3.8, 4) is 22.3 Å². The van der Waals surface area contributed by atoms with Crippen molar-refractivity contribution in [1.29, 1.82) is 0 Å². The zero-order chi connectivity index (χ0) is 35.4. The third kappa shape index (κ3) is 7.16. The first-order valence-electron chi connectivity index (χ1n) is 17.3. The van der Waals surface area contributed by atoms with E-state index < -0.39 is 33.3 Å². The SMILES string of the molecule is C[Si](C)(C)O[Si](C(=O)[Si](O[Si](C)(C)C)(c1ccccc1)c1ccccc1-c1ccccc1)(c1ccccc1)c1ccccc1-c1ccccc1. The lowest BCUT2D eigenvalue weighted by Gasteiger charge is -2.45. The van der Waals surface area contributed by atoms with Gasteiger partial charge in [-0.25, -0.2) is 0 Å². The van der Waals surface area contributed by atoms with Crippen LogP contribution in [0.25, 0.3) is 22.3 Å². The maximum absolute atomic E-state index is 17.1. The molecular weight excluding hydrogens is 677 g/mol. The first-order chi connectivity index (χ1) is 24.0. The molecule has 0 aromatic heterocycles. The molecule has 2 unspecified atom stereocenters. The average Bonchev–Trinajstić information content (AvgIpc) is 3.13. The van der Waals surface area contributed by atoms with Crippen molar-refractivity contribution in [2.45, 2.75) is 39.3 Å². The number of hydrogen-bond donors (Lipinski definition) is 0. The second kappa shape index (κ2) is 14.6. The summed E-state index contributed by atoms with van der Waals surface area (Å²) in [7, 11) is -12.6. The Labute approximate surface area is 302 Å². The molecule has 0 aliphatic rings. The van der Waals surface area contributed by atoms with Gasteiger partial charge in [-0.15, -0.1) is 0 Å². The molecule has 0 aliphatic heterocycles. The van der Waals surface area contributed by atoms with Gasteiger partial charge < -0.3 is 13.0 Å². The van der Waals surface area contributed by atoms with Crippen LogP contribution in [0.5, 0.6) is 0 Å². The normalized spacial score (nSPS) is 14.4. The fourth-order valence-electron chi connectivity index (χ4n) is 6.97. The van der Waals surface area contributed by atoms with Crippen LogP contribution in [0.4, 0.5) is 4.79 Å². The molecule has 0 aliphatic carbocycles. The predicted molar refractivity (Wildman–Crippen MR) is 221 cm³/mol. The fraction of sp³-hybridized carbons (Fsp3) is 0.140. The van der Waals surface area contributed by atoms with Crippen LogP contribution in [-0.2, 0) is 8.23 Å². The molecule has 0 heterocycles. The van der Waals surface area contributed by atoms with E-state index in [0.717, 1.165) is 43.0 Å². The molecule has 0 bridgehead atoms. The highest BCUT2D eigenvalue weighted by Gasteiger charge is 2.63. The van der Waals surface area contributed by atoms with Crippen LogP contribution in [0.2, 0.25) is 39.3 Å². The molecular formula is C43H46O3Si4. The van der Waals surface area contributed by atoms with Gasteiger partial charge in [-0.3, -0.25) is 0 Å². The Kier molecular flexibility index (Phi) is 10.4. The minimum atomic E-state index is -3.86. The molecule has 7 heteroatoms. The maximum Gasteiger partial charge on any atom is 0.317 e. The smallest absolute Gasteiger partial charge is 0.317 e. The van der Waals surface area contributed by atoms with Crippen molar-refractivity contribution < 1.29 is 13.0 Å². The standard InChI is InChI=1S/C43H46O3Si4/c1-47(2,3)45-49(37-27-15-9-16-28-37,41-33-21-19-31-39(41)35-23-11-7-12-24-35)43(44)50(46-48(4,5)6,38-29-17-10-18-30-38)42-34-22-20-32-40(42)36-25-13-8-14-26-36/h7-34H,1-6H3. The van der Waals surface area contributed by atoms with Gasteiger partial charge in [-0.1, -0.05) is 170 Å². The fourth-order valence-corrected chi connectivity index (χ4v) is 26.3. The summed E-state index contributed by atoms with van der Waals surface area (Å²) in [5, 5.41) is 3.93. The molecule has 50 heavy (non-hydrogen) atoms. The summed E-state index contributed by atoms with van der Waals surface area (Å²) in [4.78, 5) is 17.1. The summed E-state index contributed by atoms with van der Waals surface area (Å²) in [6.07, 6.45) is 0. The van der Waals surface area contributed by atoms with Crippen molar-refractivity contribution in [3.63, 3.8) is 0 Å². The number of carbonyl (C=O) groups excluding carboxylic acids is 1. The number of hydrogen-bond acceptors (Lipinski definition) is 3. The van der Waals surface area contributed by atoms with Gasteiger partial charge in [0.25, 0.3) is 0 Å². The van der Waals surface area contributed by atoms with Crippen molar-refractivity contribution >= 4 is 59.0 Å². The number of benzene rings is 6. The van der Waals surface area contributed by atoms with Gasteiger partial charge in [-0.05, 0) is 82.3 Å². The highest BCUT2D eigenvalue weighted by Crippen LogP contribution is 2.32. The minimum absolute atomic E-state index is 0.110. The molecule has 0 radical (unpaired) electrons. The molecule has 0 N–H and O–H groups in total. The van der Waals surface area contributed by atoms with Crippen LogP contribution in [0.3, 0.4) is 0 Å². The van der Waals surface area contributed by atoms with Crippen LogP contribution in [0.1, 0.15) is 0 Å². The Hall–Kier alpha value is -4.22. The summed E-state index contributed by atoms with van der Waals surface area (Å²) in [6, 6.07) is 58.4.